The molecule has 2 aromatic rings. The molecule has 3 heterocycles. The summed E-state index contributed by atoms with van der Waals surface area (Å²) < 4.78 is 11.7. The van der Waals surface area contributed by atoms with Crippen LogP contribution in [0.15, 0.2) is 28.2 Å². The molecule has 0 radical (unpaired) electrons. The minimum Gasteiger partial charge on any atom is -0.469 e. The van der Waals surface area contributed by atoms with Crippen molar-refractivity contribution in [3.8, 4) is 0 Å². The lowest BCUT2D eigenvalue weighted by Crippen LogP contribution is -2.41. The fourth-order valence-corrected chi connectivity index (χ4v) is 3.31. The van der Waals surface area contributed by atoms with E-state index in [0.29, 0.717) is 38.2 Å². The monoisotopic (exact) mass is 359 g/mol. The van der Waals surface area contributed by atoms with Crippen molar-refractivity contribution in [1.82, 2.24) is 14.5 Å². The minimum absolute atomic E-state index is 0.153. The summed E-state index contributed by atoms with van der Waals surface area (Å²) in [5.41, 5.74) is 0.0626. The maximum atomic E-state index is 13.0. The number of fused-ring (bicyclic) bond motifs is 1. The predicted molar refractivity (Wildman–Crippen MR) is 93.8 cm³/mol. The molecule has 0 aromatic carbocycles. The highest BCUT2D eigenvalue weighted by Crippen LogP contribution is 2.25. The zero-order chi connectivity index (χ0) is 18.8. The molecular formula is C18H21N3O5. The van der Waals surface area contributed by atoms with Crippen LogP contribution in [0, 0.1) is 12.8 Å². The molecule has 0 saturated carbocycles. The lowest BCUT2D eigenvalue weighted by molar-refractivity contribution is -0.146. The van der Waals surface area contributed by atoms with Gasteiger partial charge in [-0.3, -0.25) is 19.0 Å². The number of aromatic nitrogens is 2. The molecule has 1 aliphatic rings. The zero-order valence-corrected chi connectivity index (χ0v) is 14.9. The molecule has 0 atom stereocenters. The maximum Gasteiger partial charge on any atom is 0.308 e. The summed E-state index contributed by atoms with van der Waals surface area (Å²) in [5.74, 6) is -0.364. The van der Waals surface area contributed by atoms with Gasteiger partial charge in [-0.15, -0.1) is 6.58 Å². The second-order valence-electron chi connectivity index (χ2n) is 6.29. The minimum atomic E-state index is -0.334. The number of nitrogens with zero attached hydrogens (tertiary/aromatic N) is 3. The van der Waals surface area contributed by atoms with Gasteiger partial charge in [-0.1, -0.05) is 6.08 Å². The van der Waals surface area contributed by atoms with E-state index in [1.54, 1.807) is 17.9 Å². The molecule has 1 fully saturated rings. The average molecular weight is 359 g/mol. The summed E-state index contributed by atoms with van der Waals surface area (Å²) in [4.78, 5) is 43.1. The smallest absolute Gasteiger partial charge is 0.308 e. The highest BCUT2D eigenvalue weighted by molar-refractivity contribution is 6.06. The van der Waals surface area contributed by atoms with Crippen molar-refractivity contribution < 1.29 is 18.7 Å². The Balaban J connectivity index is 1.93. The number of methoxy groups -OCH3 is 1. The first-order valence-corrected chi connectivity index (χ1v) is 8.44. The van der Waals surface area contributed by atoms with E-state index < -0.39 is 0 Å². The molecule has 0 spiro atoms. The van der Waals surface area contributed by atoms with Crippen LogP contribution in [-0.2, 0) is 16.1 Å². The molecule has 0 unspecified atom stereocenters. The number of hydrogen-bond donors (Lipinski definition) is 0. The summed E-state index contributed by atoms with van der Waals surface area (Å²) in [7, 11) is 1.36. The lowest BCUT2D eigenvalue weighted by atomic mass is 9.96. The number of carbonyl (C=O) groups is 2. The fraction of sp³-hybridized carbons (Fsp3) is 0.444. The molecule has 26 heavy (non-hydrogen) atoms. The van der Waals surface area contributed by atoms with Gasteiger partial charge in [0, 0.05) is 19.6 Å². The van der Waals surface area contributed by atoms with E-state index >= 15 is 0 Å². The third kappa shape index (κ3) is 3.02. The Bertz CT molecular complexity index is 919. The van der Waals surface area contributed by atoms with Crippen LogP contribution in [0.25, 0.3) is 11.1 Å². The number of esters is 1. The van der Waals surface area contributed by atoms with Crippen molar-refractivity contribution in [2.45, 2.75) is 26.3 Å². The average Bonchev–Trinajstić information content (AvgIpc) is 3.00. The molecule has 1 aliphatic heterocycles. The number of allylic oxidation sites excluding steroid dienone is 1. The molecule has 0 N–H and O–H groups in total. The first kappa shape index (κ1) is 17.9. The maximum absolute atomic E-state index is 13.0. The first-order chi connectivity index (χ1) is 12.5. The number of likely N-dealkylation sites (tertiary alicyclic amines) is 1. The van der Waals surface area contributed by atoms with Gasteiger partial charge >= 0.3 is 5.97 Å². The van der Waals surface area contributed by atoms with Gasteiger partial charge in [-0.25, -0.2) is 4.98 Å². The van der Waals surface area contributed by atoms with Crippen LogP contribution in [-0.4, -0.2) is 46.5 Å². The van der Waals surface area contributed by atoms with Crippen molar-refractivity contribution in [2.24, 2.45) is 5.92 Å². The molecule has 8 nitrogen and oxygen atoms in total. The zero-order valence-electron chi connectivity index (χ0n) is 14.9. The summed E-state index contributed by atoms with van der Waals surface area (Å²) >= 11 is 0. The normalized spacial score (nSPS) is 15.2. The van der Waals surface area contributed by atoms with E-state index in [1.807, 2.05) is 0 Å². The highest BCUT2D eigenvalue weighted by Gasteiger charge is 2.31. The second kappa shape index (κ2) is 7.15. The van der Waals surface area contributed by atoms with Gasteiger partial charge in [0.25, 0.3) is 11.5 Å². The molecule has 2 aromatic heterocycles. The van der Waals surface area contributed by atoms with Crippen LogP contribution < -0.4 is 5.56 Å². The van der Waals surface area contributed by atoms with E-state index in [4.69, 9.17) is 9.15 Å². The third-order valence-corrected chi connectivity index (χ3v) is 4.71. The molecule has 1 saturated heterocycles. The standard InChI is InChI=1S/C18H21N3O5/c1-4-7-21-10-19-15-14(17(21)23)13(11(2)26-15)16(22)20-8-5-12(6-9-20)18(24)25-3/h4,10,12H,1,5-9H2,2-3H3. The quantitative estimate of drug-likeness (QED) is 0.607. The van der Waals surface area contributed by atoms with Gasteiger partial charge in [0.1, 0.15) is 17.5 Å². The summed E-state index contributed by atoms with van der Waals surface area (Å²) in [5, 5.41) is 0.187. The van der Waals surface area contributed by atoms with Crippen LogP contribution >= 0.6 is 0 Å². The van der Waals surface area contributed by atoms with Gasteiger partial charge < -0.3 is 14.1 Å². The molecule has 8 heteroatoms. The van der Waals surface area contributed by atoms with Crippen molar-refractivity contribution >= 4 is 23.0 Å². The van der Waals surface area contributed by atoms with Crippen LogP contribution in [0.2, 0.25) is 0 Å². The lowest BCUT2D eigenvalue weighted by Gasteiger charge is -2.30. The van der Waals surface area contributed by atoms with Crippen LogP contribution in [0.1, 0.15) is 29.0 Å². The Kier molecular flexibility index (Phi) is 4.92. The van der Waals surface area contributed by atoms with E-state index in [0.717, 1.165) is 0 Å². The first-order valence-electron chi connectivity index (χ1n) is 8.44. The van der Waals surface area contributed by atoms with Crippen LogP contribution in [0.5, 0.6) is 0 Å². The SMILES string of the molecule is C=CCn1cnc2oc(C)c(C(=O)N3CCC(C(=O)OC)CC3)c2c1=O. The topological polar surface area (TPSA) is 94.6 Å². The van der Waals surface area contributed by atoms with Gasteiger partial charge in [0.15, 0.2) is 0 Å². The molecule has 0 bridgehead atoms. The summed E-state index contributed by atoms with van der Waals surface area (Å²) in [6.45, 7) is 6.40. The number of piperidine rings is 1. The second-order valence-corrected chi connectivity index (χ2v) is 6.29. The Morgan fingerprint density at radius 1 is 1.42 bits per heavy atom. The Morgan fingerprint density at radius 3 is 2.73 bits per heavy atom. The van der Waals surface area contributed by atoms with Crippen molar-refractivity contribution in [2.75, 3.05) is 20.2 Å². The van der Waals surface area contributed by atoms with Crippen molar-refractivity contribution in [1.29, 1.82) is 0 Å². The Labute approximate surface area is 150 Å². The largest absolute Gasteiger partial charge is 0.469 e. The van der Waals surface area contributed by atoms with Crippen molar-refractivity contribution in [3.63, 3.8) is 0 Å². The van der Waals surface area contributed by atoms with E-state index in [9.17, 15) is 14.4 Å². The van der Waals surface area contributed by atoms with Gasteiger partial charge in [0.05, 0.1) is 18.6 Å². The van der Waals surface area contributed by atoms with Gasteiger partial charge in [0.2, 0.25) is 5.71 Å². The molecular weight excluding hydrogens is 338 g/mol. The van der Waals surface area contributed by atoms with E-state index in [2.05, 4.69) is 11.6 Å². The summed E-state index contributed by atoms with van der Waals surface area (Å²) in [6.07, 6.45) is 4.03. The number of amides is 1. The number of furan rings is 1. The number of rotatable bonds is 4. The molecule has 138 valence electrons. The fourth-order valence-electron chi connectivity index (χ4n) is 3.31. The summed E-state index contributed by atoms with van der Waals surface area (Å²) in [6, 6.07) is 0. The number of carbonyl (C=O) groups excluding carboxylic acids is 2. The number of hydrogen-bond acceptors (Lipinski definition) is 6. The third-order valence-electron chi connectivity index (χ3n) is 4.71. The molecule has 0 aliphatic carbocycles. The van der Waals surface area contributed by atoms with Crippen LogP contribution in [0.4, 0.5) is 0 Å². The molecule has 1 amide bonds. The number of aryl methyl sites for hydroxylation is 1. The van der Waals surface area contributed by atoms with Crippen molar-refractivity contribution in [3.05, 3.63) is 40.7 Å². The van der Waals surface area contributed by atoms with Gasteiger partial charge in [-0.2, -0.15) is 0 Å². The van der Waals surface area contributed by atoms with Gasteiger partial charge in [-0.05, 0) is 19.8 Å². The predicted octanol–water partition coefficient (Wildman–Crippen LogP) is 1.51. The van der Waals surface area contributed by atoms with E-state index in [-0.39, 0.29) is 40.0 Å². The number of ether oxygens (including phenoxy) is 1. The Morgan fingerprint density at radius 2 is 2.12 bits per heavy atom. The van der Waals surface area contributed by atoms with E-state index in [1.165, 1.54) is 18.0 Å². The van der Waals surface area contributed by atoms with Crippen LogP contribution in [0.3, 0.4) is 0 Å². The Hall–Kier alpha value is -2.90. The highest BCUT2D eigenvalue weighted by atomic mass is 16.5. The molecule has 3 rings (SSSR count).